The first kappa shape index (κ1) is 14.5. The van der Waals surface area contributed by atoms with E-state index >= 15 is 0 Å². The number of nitrogens with zero attached hydrogens (tertiary/aromatic N) is 2. The van der Waals surface area contributed by atoms with Gasteiger partial charge in [0.05, 0.1) is 5.56 Å². The van der Waals surface area contributed by atoms with Gasteiger partial charge in [0, 0.05) is 32.2 Å². The average Bonchev–Trinajstić information content (AvgIpc) is 2.56. The van der Waals surface area contributed by atoms with E-state index in [1.54, 1.807) is 23.1 Å². The van der Waals surface area contributed by atoms with Crippen molar-refractivity contribution >= 4 is 5.91 Å². The predicted octanol–water partition coefficient (Wildman–Crippen LogP) is 2.92. The summed E-state index contributed by atoms with van der Waals surface area (Å²) in [5.41, 5.74) is 0.198. The molecule has 1 amide bonds. The van der Waals surface area contributed by atoms with Crippen LogP contribution in [0.15, 0.2) is 24.3 Å². The molecule has 21 heavy (non-hydrogen) atoms. The van der Waals surface area contributed by atoms with E-state index in [9.17, 15) is 9.18 Å². The van der Waals surface area contributed by atoms with Crippen LogP contribution in [0.25, 0.3) is 0 Å². The van der Waals surface area contributed by atoms with E-state index in [1.165, 1.54) is 38.2 Å². The Balaban J connectivity index is 1.58. The van der Waals surface area contributed by atoms with Crippen LogP contribution in [0, 0.1) is 5.82 Å². The van der Waals surface area contributed by atoms with Crippen molar-refractivity contribution in [1.82, 2.24) is 9.80 Å². The van der Waals surface area contributed by atoms with Crippen molar-refractivity contribution < 1.29 is 9.18 Å². The first-order chi connectivity index (χ1) is 10.3. The summed E-state index contributed by atoms with van der Waals surface area (Å²) in [7, 11) is 0. The molecule has 0 aromatic heterocycles. The molecule has 4 heteroatoms. The highest BCUT2D eigenvalue weighted by molar-refractivity contribution is 5.94. The van der Waals surface area contributed by atoms with Crippen LogP contribution in [0.5, 0.6) is 0 Å². The van der Waals surface area contributed by atoms with Gasteiger partial charge in [-0.15, -0.1) is 0 Å². The summed E-state index contributed by atoms with van der Waals surface area (Å²) in [6, 6.07) is 6.96. The first-order valence-electron chi connectivity index (χ1n) is 8.03. The Morgan fingerprint density at radius 2 is 1.67 bits per heavy atom. The van der Waals surface area contributed by atoms with Crippen molar-refractivity contribution in [1.29, 1.82) is 0 Å². The maximum absolute atomic E-state index is 13.7. The van der Waals surface area contributed by atoms with Gasteiger partial charge in [-0.1, -0.05) is 31.4 Å². The van der Waals surface area contributed by atoms with Crippen LogP contribution in [-0.4, -0.2) is 47.9 Å². The molecule has 1 aliphatic heterocycles. The second kappa shape index (κ2) is 6.56. The molecule has 1 aliphatic carbocycles. The molecule has 3 rings (SSSR count). The first-order valence-corrected chi connectivity index (χ1v) is 8.03. The standard InChI is InChI=1S/C17H23FN2O/c18-16-9-5-4-8-15(16)17(21)20-12-10-19(11-13-20)14-6-2-1-3-7-14/h4-5,8-9,14H,1-3,6-7,10-13H2. The number of carbonyl (C=O) groups is 1. The number of hydrogen-bond donors (Lipinski definition) is 0. The molecule has 114 valence electrons. The number of carbonyl (C=O) groups excluding carboxylic acids is 1. The monoisotopic (exact) mass is 290 g/mol. The number of rotatable bonds is 2. The van der Waals surface area contributed by atoms with Gasteiger partial charge in [0.25, 0.3) is 5.91 Å². The molecule has 1 aromatic rings. The van der Waals surface area contributed by atoms with Crippen LogP contribution in [0.2, 0.25) is 0 Å². The zero-order chi connectivity index (χ0) is 14.7. The molecule has 2 fully saturated rings. The van der Waals surface area contributed by atoms with Crippen LogP contribution >= 0.6 is 0 Å². The molecule has 0 spiro atoms. The van der Waals surface area contributed by atoms with Gasteiger partial charge in [0.1, 0.15) is 5.82 Å². The van der Waals surface area contributed by atoms with Crippen LogP contribution in [0.1, 0.15) is 42.5 Å². The summed E-state index contributed by atoms with van der Waals surface area (Å²) >= 11 is 0. The Hall–Kier alpha value is -1.42. The van der Waals surface area contributed by atoms with E-state index in [2.05, 4.69) is 4.90 Å². The van der Waals surface area contributed by atoms with E-state index in [-0.39, 0.29) is 11.5 Å². The molecular formula is C17H23FN2O. The van der Waals surface area contributed by atoms with Gasteiger partial charge in [0.15, 0.2) is 0 Å². The third-order valence-electron chi connectivity index (χ3n) is 4.80. The summed E-state index contributed by atoms with van der Waals surface area (Å²) < 4.78 is 13.7. The van der Waals surface area contributed by atoms with Crippen molar-refractivity contribution in [2.75, 3.05) is 26.2 Å². The summed E-state index contributed by atoms with van der Waals surface area (Å²) in [6.45, 7) is 3.27. The molecule has 0 radical (unpaired) electrons. The van der Waals surface area contributed by atoms with E-state index in [0.29, 0.717) is 19.1 Å². The molecule has 3 nitrogen and oxygen atoms in total. The zero-order valence-electron chi connectivity index (χ0n) is 12.4. The second-order valence-corrected chi connectivity index (χ2v) is 6.10. The lowest BCUT2D eigenvalue weighted by molar-refractivity contribution is 0.0519. The number of piperazine rings is 1. The molecule has 1 aromatic carbocycles. The van der Waals surface area contributed by atoms with E-state index in [1.807, 2.05) is 0 Å². The Morgan fingerprint density at radius 1 is 1.00 bits per heavy atom. The van der Waals surface area contributed by atoms with Crippen molar-refractivity contribution in [2.24, 2.45) is 0 Å². The van der Waals surface area contributed by atoms with Gasteiger partial charge in [-0.05, 0) is 25.0 Å². The minimum atomic E-state index is -0.419. The van der Waals surface area contributed by atoms with E-state index in [4.69, 9.17) is 0 Å². The Labute approximate surface area is 125 Å². The molecule has 0 N–H and O–H groups in total. The quantitative estimate of drug-likeness (QED) is 0.836. The molecular weight excluding hydrogens is 267 g/mol. The maximum Gasteiger partial charge on any atom is 0.256 e. The lowest BCUT2D eigenvalue weighted by Crippen LogP contribution is -2.52. The highest BCUT2D eigenvalue weighted by Crippen LogP contribution is 2.24. The van der Waals surface area contributed by atoms with Crippen LogP contribution < -0.4 is 0 Å². The van der Waals surface area contributed by atoms with Crippen molar-refractivity contribution in [3.05, 3.63) is 35.6 Å². The zero-order valence-corrected chi connectivity index (χ0v) is 12.4. The average molecular weight is 290 g/mol. The highest BCUT2D eigenvalue weighted by atomic mass is 19.1. The van der Waals surface area contributed by atoms with Gasteiger partial charge in [-0.3, -0.25) is 9.69 Å². The molecule has 1 heterocycles. The van der Waals surface area contributed by atoms with Gasteiger partial charge in [-0.25, -0.2) is 4.39 Å². The molecule has 0 atom stereocenters. The van der Waals surface area contributed by atoms with E-state index < -0.39 is 5.82 Å². The Morgan fingerprint density at radius 3 is 2.33 bits per heavy atom. The van der Waals surface area contributed by atoms with Crippen LogP contribution in [-0.2, 0) is 0 Å². The Kier molecular flexibility index (Phi) is 4.54. The molecule has 1 saturated heterocycles. The molecule has 0 bridgehead atoms. The number of halogens is 1. The summed E-state index contributed by atoms with van der Waals surface area (Å²) in [4.78, 5) is 16.7. The molecule has 0 unspecified atom stereocenters. The topological polar surface area (TPSA) is 23.6 Å². The van der Waals surface area contributed by atoms with Crippen molar-refractivity contribution in [3.63, 3.8) is 0 Å². The smallest absolute Gasteiger partial charge is 0.256 e. The van der Waals surface area contributed by atoms with Gasteiger partial charge < -0.3 is 4.90 Å². The normalized spacial score (nSPS) is 21.5. The second-order valence-electron chi connectivity index (χ2n) is 6.10. The fourth-order valence-corrected chi connectivity index (χ4v) is 3.54. The van der Waals surface area contributed by atoms with Gasteiger partial charge >= 0.3 is 0 Å². The van der Waals surface area contributed by atoms with Crippen LogP contribution in [0.3, 0.4) is 0 Å². The lowest BCUT2D eigenvalue weighted by atomic mass is 9.94. The van der Waals surface area contributed by atoms with Crippen LogP contribution in [0.4, 0.5) is 4.39 Å². The third kappa shape index (κ3) is 3.26. The molecule has 1 saturated carbocycles. The van der Waals surface area contributed by atoms with Crippen molar-refractivity contribution in [3.8, 4) is 0 Å². The summed E-state index contributed by atoms with van der Waals surface area (Å²) in [5, 5.41) is 0. The summed E-state index contributed by atoms with van der Waals surface area (Å²) in [5.74, 6) is -0.589. The Bertz CT molecular complexity index is 491. The minimum Gasteiger partial charge on any atom is -0.336 e. The fourth-order valence-electron chi connectivity index (χ4n) is 3.54. The van der Waals surface area contributed by atoms with Gasteiger partial charge in [0.2, 0.25) is 0 Å². The van der Waals surface area contributed by atoms with Gasteiger partial charge in [-0.2, -0.15) is 0 Å². The molecule has 2 aliphatic rings. The fraction of sp³-hybridized carbons (Fsp3) is 0.588. The van der Waals surface area contributed by atoms with E-state index in [0.717, 1.165) is 13.1 Å². The predicted molar refractivity (Wildman–Crippen MR) is 80.7 cm³/mol. The van der Waals surface area contributed by atoms with Crippen molar-refractivity contribution in [2.45, 2.75) is 38.1 Å². The number of hydrogen-bond acceptors (Lipinski definition) is 2. The lowest BCUT2D eigenvalue weighted by Gasteiger charge is -2.40. The number of benzene rings is 1. The highest BCUT2D eigenvalue weighted by Gasteiger charge is 2.28. The number of amides is 1. The SMILES string of the molecule is O=C(c1ccccc1F)N1CCN(C2CCCCC2)CC1. The third-order valence-corrected chi connectivity index (χ3v) is 4.80. The minimum absolute atomic E-state index is 0.170. The largest absolute Gasteiger partial charge is 0.336 e. The summed E-state index contributed by atoms with van der Waals surface area (Å²) in [6.07, 6.45) is 6.61. The maximum atomic E-state index is 13.7.